The van der Waals surface area contributed by atoms with Crippen LogP contribution in [-0.2, 0) is 0 Å². The lowest BCUT2D eigenvalue weighted by Gasteiger charge is -2.33. The molecule has 3 aromatic rings. The second-order valence-corrected chi connectivity index (χ2v) is 9.06. The Balaban J connectivity index is 1.21. The number of pyridine rings is 2. The third-order valence-electron chi connectivity index (χ3n) is 5.98. The van der Waals surface area contributed by atoms with Crippen LogP contribution in [0.3, 0.4) is 0 Å². The molecule has 0 spiro atoms. The molecule has 2 aliphatic rings. The van der Waals surface area contributed by atoms with Crippen LogP contribution in [0, 0.1) is 12.3 Å². The number of piperazine rings is 1. The van der Waals surface area contributed by atoms with Crippen molar-refractivity contribution in [3.63, 3.8) is 0 Å². The molecule has 0 aromatic carbocycles. The number of nitrogens with zero attached hydrogens (tertiary/aromatic N) is 5. The van der Waals surface area contributed by atoms with Crippen LogP contribution >= 0.6 is 11.6 Å². The van der Waals surface area contributed by atoms with Crippen molar-refractivity contribution in [1.82, 2.24) is 19.9 Å². The van der Waals surface area contributed by atoms with Crippen LogP contribution in [-0.4, -0.2) is 58.5 Å². The predicted octanol–water partition coefficient (Wildman–Crippen LogP) is 3.72. The number of halogens is 1. The number of aromatic nitrogens is 3. The molecule has 1 aliphatic heterocycles. The summed E-state index contributed by atoms with van der Waals surface area (Å²) in [5, 5.41) is 0.379. The van der Waals surface area contributed by atoms with E-state index >= 15 is 0 Å². The highest BCUT2D eigenvalue weighted by atomic mass is 35.5. The molecule has 1 saturated carbocycles. The summed E-state index contributed by atoms with van der Waals surface area (Å²) in [5.74, 6) is 0.584. The third kappa shape index (κ3) is 4.17. The molecule has 1 aliphatic carbocycles. The number of hydrogen-bond donors (Lipinski definition) is 0. The summed E-state index contributed by atoms with van der Waals surface area (Å²) in [4.78, 5) is 29.8. The van der Waals surface area contributed by atoms with Gasteiger partial charge < -0.3 is 19.0 Å². The van der Waals surface area contributed by atoms with E-state index in [9.17, 15) is 4.79 Å². The molecular formula is C22H24ClN5O3. The monoisotopic (exact) mass is 441 g/mol. The fourth-order valence-electron chi connectivity index (χ4n) is 3.63. The molecule has 9 heteroatoms. The van der Waals surface area contributed by atoms with Gasteiger partial charge in [-0.3, -0.25) is 4.79 Å². The lowest BCUT2D eigenvalue weighted by Crippen LogP contribution is -2.49. The standard InChI is InChI=1S/C22H24ClN5O3/c1-14-11-15(12-24-19(14)30-13-22(2)5-6-22)20(29)27-7-9-28(10-8-27)21-26-18-16(31-21)3-4-17(23)25-18/h3-4,11-12H,5-10,13H2,1-2H3. The first-order chi connectivity index (χ1) is 14.9. The first-order valence-corrected chi connectivity index (χ1v) is 10.8. The van der Waals surface area contributed by atoms with E-state index in [1.54, 1.807) is 18.3 Å². The molecular weight excluding hydrogens is 418 g/mol. The van der Waals surface area contributed by atoms with Gasteiger partial charge >= 0.3 is 0 Å². The quantitative estimate of drug-likeness (QED) is 0.558. The molecule has 5 rings (SSSR count). The van der Waals surface area contributed by atoms with Crippen LogP contribution in [0.25, 0.3) is 11.2 Å². The number of amides is 1. The van der Waals surface area contributed by atoms with Crippen LogP contribution in [0.15, 0.2) is 28.8 Å². The fourth-order valence-corrected chi connectivity index (χ4v) is 3.78. The number of carbonyl (C=O) groups is 1. The van der Waals surface area contributed by atoms with Gasteiger partial charge in [-0.05, 0) is 38.0 Å². The Kier molecular flexibility index (Phi) is 4.97. The molecule has 4 heterocycles. The van der Waals surface area contributed by atoms with Crippen molar-refractivity contribution < 1.29 is 13.9 Å². The Morgan fingerprint density at radius 2 is 2.00 bits per heavy atom. The second kappa shape index (κ2) is 7.67. The van der Waals surface area contributed by atoms with Gasteiger partial charge in [0.25, 0.3) is 11.9 Å². The SMILES string of the molecule is Cc1cc(C(=O)N2CCN(c3nc4nc(Cl)ccc4o3)CC2)cnc1OCC1(C)CC1. The average Bonchev–Trinajstić information content (AvgIpc) is 3.36. The Bertz CT molecular complexity index is 1140. The number of hydrogen-bond acceptors (Lipinski definition) is 7. The van der Waals surface area contributed by atoms with Crippen LogP contribution in [0.5, 0.6) is 5.88 Å². The van der Waals surface area contributed by atoms with Crippen LogP contribution in [0.2, 0.25) is 5.15 Å². The molecule has 0 radical (unpaired) electrons. The highest BCUT2D eigenvalue weighted by Gasteiger charge is 2.38. The number of aryl methyl sites for hydroxylation is 1. The van der Waals surface area contributed by atoms with E-state index in [-0.39, 0.29) is 5.91 Å². The van der Waals surface area contributed by atoms with Crippen LogP contribution < -0.4 is 9.64 Å². The number of ether oxygens (including phenoxy) is 1. The van der Waals surface area contributed by atoms with Gasteiger partial charge in [0.1, 0.15) is 5.15 Å². The molecule has 0 bridgehead atoms. The lowest BCUT2D eigenvalue weighted by molar-refractivity contribution is 0.0744. The Morgan fingerprint density at radius 1 is 1.23 bits per heavy atom. The van der Waals surface area contributed by atoms with Crippen LogP contribution in [0.4, 0.5) is 6.01 Å². The summed E-state index contributed by atoms with van der Waals surface area (Å²) in [6.45, 7) is 7.21. The van der Waals surface area contributed by atoms with Gasteiger partial charge in [-0.15, -0.1) is 0 Å². The molecule has 1 saturated heterocycles. The van der Waals surface area contributed by atoms with E-state index in [0.29, 0.717) is 72.0 Å². The fraction of sp³-hybridized carbons (Fsp3) is 0.455. The maximum Gasteiger partial charge on any atom is 0.300 e. The van der Waals surface area contributed by atoms with E-state index in [1.807, 2.05) is 22.8 Å². The maximum atomic E-state index is 13.0. The van der Waals surface area contributed by atoms with E-state index < -0.39 is 0 Å². The first kappa shape index (κ1) is 20.1. The number of oxazole rings is 1. The van der Waals surface area contributed by atoms with E-state index in [4.69, 9.17) is 20.8 Å². The van der Waals surface area contributed by atoms with Crippen molar-refractivity contribution in [3.05, 3.63) is 40.7 Å². The third-order valence-corrected chi connectivity index (χ3v) is 6.19. The zero-order valence-electron chi connectivity index (χ0n) is 17.6. The van der Waals surface area contributed by atoms with Gasteiger partial charge in [0.05, 0.1) is 12.2 Å². The molecule has 8 nitrogen and oxygen atoms in total. The van der Waals surface area contributed by atoms with Gasteiger partial charge in [0, 0.05) is 43.4 Å². The predicted molar refractivity (Wildman–Crippen MR) is 117 cm³/mol. The summed E-state index contributed by atoms with van der Waals surface area (Å²) < 4.78 is 11.7. The summed E-state index contributed by atoms with van der Waals surface area (Å²) in [5.41, 5.74) is 2.83. The average molecular weight is 442 g/mol. The first-order valence-electron chi connectivity index (χ1n) is 10.5. The van der Waals surface area contributed by atoms with Crippen molar-refractivity contribution in [2.24, 2.45) is 5.41 Å². The minimum Gasteiger partial charge on any atom is -0.477 e. The van der Waals surface area contributed by atoms with Crippen LogP contribution in [0.1, 0.15) is 35.7 Å². The topological polar surface area (TPSA) is 84.6 Å². The van der Waals surface area contributed by atoms with Crippen molar-refractivity contribution >= 4 is 34.8 Å². The molecule has 0 atom stereocenters. The van der Waals surface area contributed by atoms with E-state index in [1.165, 1.54) is 12.8 Å². The van der Waals surface area contributed by atoms with Gasteiger partial charge in [-0.2, -0.15) is 4.98 Å². The maximum absolute atomic E-state index is 13.0. The number of fused-ring (bicyclic) bond motifs is 1. The summed E-state index contributed by atoms with van der Waals surface area (Å²) in [6, 6.07) is 5.80. The molecule has 2 fully saturated rings. The summed E-state index contributed by atoms with van der Waals surface area (Å²) in [6.07, 6.45) is 4.01. The number of anilines is 1. The Morgan fingerprint density at radius 3 is 2.71 bits per heavy atom. The molecule has 0 unspecified atom stereocenters. The van der Waals surface area contributed by atoms with Gasteiger partial charge in [0.2, 0.25) is 11.5 Å². The van der Waals surface area contributed by atoms with Crippen molar-refractivity contribution in [2.45, 2.75) is 26.7 Å². The molecule has 162 valence electrons. The van der Waals surface area contributed by atoms with Crippen molar-refractivity contribution in [3.8, 4) is 5.88 Å². The Hall–Kier alpha value is -2.87. The highest BCUT2D eigenvalue weighted by molar-refractivity contribution is 6.29. The summed E-state index contributed by atoms with van der Waals surface area (Å²) >= 11 is 5.92. The number of carbonyl (C=O) groups excluding carboxylic acids is 1. The molecule has 0 N–H and O–H groups in total. The lowest BCUT2D eigenvalue weighted by atomic mass is 10.1. The molecule has 31 heavy (non-hydrogen) atoms. The normalized spacial score (nSPS) is 17.8. The van der Waals surface area contributed by atoms with Crippen molar-refractivity contribution in [2.75, 3.05) is 37.7 Å². The summed E-state index contributed by atoms with van der Waals surface area (Å²) in [7, 11) is 0. The van der Waals surface area contributed by atoms with E-state index in [2.05, 4.69) is 21.9 Å². The van der Waals surface area contributed by atoms with E-state index in [0.717, 1.165) is 5.56 Å². The minimum absolute atomic E-state index is 0.0260. The van der Waals surface area contributed by atoms with Gasteiger partial charge in [-0.25, -0.2) is 9.97 Å². The number of rotatable bonds is 5. The Labute approximate surface area is 185 Å². The van der Waals surface area contributed by atoms with Gasteiger partial charge in [-0.1, -0.05) is 18.5 Å². The second-order valence-electron chi connectivity index (χ2n) is 8.68. The largest absolute Gasteiger partial charge is 0.477 e. The molecule has 3 aromatic heterocycles. The molecule has 1 amide bonds. The minimum atomic E-state index is -0.0260. The van der Waals surface area contributed by atoms with Gasteiger partial charge in [0.15, 0.2) is 5.58 Å². The smallest absolute Gasteiger partial charge is 0.300 e. The van der Waals surface area contributed by atoms with Crippen molar-refractivity contribution in [1.29, 1.82) is 0 Å². The zero-order chi connectivity index (χ0) is 21.6. The zero-order valence-corrected chi connectivity index (χ0v) is 18.4. The highest BCUT2D eigenvalue weighted by Crippen LogP contribution is 2.45.